The van der Waals surface area contributed by atoms with Crippen molar-refractivity contribution in [2.45, 2.75) is 57.3 Å². The zero-order valence-corrected chi connectivity index (χ0v) is 13.4. The third kappa shape index (κ3) is 3.35. The Morgan fingerprint density at radius 3 is 1.94 bits per heavy atom. The minimum atomic E-state index is 0.0312. The summed E-state index contributed by atoms with van der Waals surface area (Å²) in [5.74, 6) is 0. The van der Waals surface area contributed by atoms with Gasteiger partial charge in [0.25, 0.3) is 0 Å². The minimum absolute atomic E-state index is 0.0312. The van der Waals surface area contributed by atoms with Crippen LogP contribution in [0.3, 0.4) is 0 Å². The molecule has 1 aromatic rings. The molecule has 0 saturated carbocycles. The lowest BCUT2D eigenvalue weighted by Gasteiger charge is -2.25. The molecule has 0 aliphatic heterocycles. The lowest BCUT2D eigenvalue weighted by atomic mass is 9.93. The maximum Gasteiger partial charge on any atom is 0.194 e. The van der Waals surface area contributed by atoms with Crippen molar-refractivity contribution in [1.82, 2.24) is 0 Å². The Bertz CT molecular complexity index is 459. The molecule has 0 N–H and O–H groups in total. The highest BCUT2D eigenvalue weighted by Gasteiger charge is 2.25. The zero-order chi connectivity index (χ0) is 13.4. The first kappa shape index (κ1) is 14.8. The van der Waals surface area contributed by atoms with Crippen molar-refractivity contribution in [3.05, 3.63) is 26.0 Å². The van der Waals surface area contributed by atoms with Crippen molar-refractivity contribution in [3.8, 4) is 0 Å². The predicted molar refractivity (Wildman–Crippen MR) is 79.8 cm³/mol. The van der Waals surface area contributed by atoms with E-state index < -0.39 is 0 Å². The Morgan fingerprint density at radius 1 is 1.06 bits per heavy atom. The van der Waals surface area contributed by atoms with Gasteiger partial charge in [-0.3, -0.25) is 4.79 Å². The highest BCUT2D eigenvalue weighted by atomic mass is 32.2. The van der Waals surface area contributed by atoms with Crippen molar-refractivity contribution in [2.75, 3.05) is 6.26 Å². The first-order valence-electron chi connectivity index (χ1n) is 5.80. The van der Waals surface area contributed by atoms with Crippen LogP contribution in [0.1, 0.15) is 51.3 Å². The van der Waals surface area contributed by atoms with E-state index in [1.807, 2.05) is 12.3 Å². The molecule has 96 valence electrons. The van der Waals surface area contributed by atoms with Gasteiger partial charge in [0.15, 0.2) is 5.43 Å². The van der Waals surface area contributed by atoms with E-state index in [0.29, 0.717) is 0 Å². The van der Waals surface area contributed by atoms with Crippen molar-refractivity contribution in [1.29, 1.82) is 0 Å². The number of hydrogen-bond acceptors (Lipinski definition) is 3. The van der Waals surface area contributed by atoms with Gasteiger partial charge >= 0.3 is 0 Å². The third-order valence-electron chi connectivity index (χ3n) is 2.53. The van der Waals surface area contributed by atoms with Gasteiger partial charge in [0, 0.05) is 15.8 Å². The highest BCUT2D eigenvalue weighted by molar-refractivity contribution is 7.98. The average Bonchev–Trinajstić information content (AvgIpc) is 2.13. The van der Waals surface area contributed by atoms with Crippen LogP contribution in [0.25, 0.3) is 0 Å². The molecule has 0 amide bonds. The van der Waals surface area contributed by atoms with Gasteiger partial charge in [0.05, 0.1) is 4.90 Å². The van der Waals surface area contributed by atoms with E-state index in [1.165, 1.54) is 9.75 Å². The first-order valence-corrected chi connectivity index (χ1v) is 7.84. The molecule has 0 aliphatic rings. The number of hydrogen-bond donors (Lipinski definition) is 0. The maximum atomic E-state index is 12.2. The summed E-state index contributed by atoms with van der Waals surface area (Å²) in [6.07, 6.45) is 1.98. The molecule has 0 spiro atoms. The van der Waals surface area contributed by atoms with Crippen LogP contribution >= 0.6 is 23.1 Å². The molecule has 0 atom stereocenters. The third-order valence-corrected chi connectivity index (χ3v) is 5.44. The second kappa shape index (κ2) is 4.77. The molecule has 0 unspecified atom stereocenters. The molecule has 0 aromatic carbocycles. The van der Waals surface area contributed by atoms with Crippen LogP contribution in [-0.4, -0.2) is 6.26 Å². The highest BCUT2D eigenvalue weighted by Crippen LogP contribution is 2.37. The van der Waals surface area contributed by atoms with E-state index >= 15 is 0 Å². The van der Waals surface area contributed by atoms with Crippen LogP contribution in [0.2, 0.25) is 0 Å². The summed E-state index contributed by atoms with van der Waals surface area (Å²) in [6.45, 7) is 13.0. The minimum Gasteiger partial charge on any atom is -0.289 e. The van der Waals surface area contributed by atoms with Gasteiger partial charge in [0.2, 0.25) is 0 Å². The molecular formula is C14H22OS2. The van der Waals surface area contributed by atoms with Crippen molar-refractivity contribution >= 4 is 23.1 Å². The Hall–Kier alpha value is -0.280. The summed E-state index contributed by atoms with van der Waals surface area (Å²) in [5, 5.41) is 0. The van der Waals surface area contributed by atoms with Crippen molar-refractivity contribution in [3.63, 3.8) is 0 Å². The lowest BCUT2D eigenvalue weighted by Crippen LogP contribution is -2.20. The van der Waals surface area contributed by atoms with Crippen LogP contribution < -0.4 is 5.43 Å². The summed E-state index contributed by atoms with van der Waals surface area (Å²) in [6, 6.07) is 1.81. The van der Waals surface area contributed by atoms with Crippen LogP contribution in [0.5, 0.6) is 0 Å². The van der Waals surface area contributed by atoms with Gasteiger partial charge in [-0.15, -0.1) is 23.1 Å². The number of thioether (sulfide) groups is 1. The van der Waals surface area contributed by atoms with Crippen LogP contribution in [0, 0.1) is 0 Å². The Labute approximate surface area is 113 Å². The molecule has 1 aromatic heterocycles. The van der Waals surface area contributed by atoms with Crippen molar-refractivity contribution < 1.29 is 0 Å². The smallest absolute Gasteiger partial charge is 0.194 e. The second-order valence-electron chi connectivity index (χ2n) is 6.34. The van der Waals surface area contributed by atoms with Gasteiger partial charge in [-0.25, -0.2) is 0 Å². The molecule has 1 heterocycles. The quantitative estimate of drug-likeness (QED) is 0.702. The standard InChI is InChI=1S/C14H22OS2/c1-13(2,3)10-8-9(15)11(16-7)12(17-10)14(4,5)6/h8H,1-7H3. The Kier molecular flexibility index (Phi) is 4.15. The average molecular weight is 270 g/mol. The topological polar surface area (TPSA) is 17.1 Å². The zero-order valence-electron chi connectivity index (χ0n) is 11.8. The largest absolute Gasteiger partial charge is 0.289 e. The van der Waals surface area contributed by atoms with Gasteiger partial charge in [-0.05, 0) is 17.1 Å². The molecule has 0 bridgehead atoms. The molecule has 1 nitrogen and oxygen atoms in total. The fourth-order valence-electron chi connectivity index (χ4n) is 1.54. The summed E-state index contributed by atoms with van der Waals surface area (Å²) in [5.41, 5.74) is 0.246. The van der Waals surface area contributed by atoms with E-state index in [-0.39, 0.29) is 16.3 Å². The molecule has 0 aliphatic carbocycles. The van der Waals surface area contributed by atoms with Crippen LogP contribution in [0.4, 0.5) is 0 Å². The summed E-state index contributed by atoms with van der Waals surface area (Å²) < 4.78 is 0. The van der Waals surface area contributed by atoms with E-state index in [1.54, 1.807) is 23.1 Å². The maximum absolute atomic E-state index is 12.2. The van der Waals surface area contributed by atoms with Gasteiger partial charge < -0.3 is 0 Å². The van der Waals surface area contributed by atoms with Gasteiger partial charge in [-0.1, -0.05) is 41.5 Å². The van der Waals surface area contributed by atoms with Crippen molar-refractivity contribution in [2.24, 2.45) is 0 Å². The summed E-state index contributed by atoms with van der Waals surface area (Å²) in [7, 11) is 0. The molecule has 0 radical (unpaired) electrons. The van der Waals surface area contributed by atoms with Gasteiger partial charge in [-0.2, -0.15) is 0 Å². The number of rotatable bonds is 1. The van der Waals surface area contributed by atoms with Gasteiger partial charge in [0.1, 0.15) is 0 Å². The predicted octanol–water partition coefficient (Wildman–Crippen LogP) is 4.43. The van der Waals surface area contributed by atoms with E-state index in [9.17, 15) is 4.79 Å². The summed E-state index contributed by atoms with van der Waals surface area (Å²) in [4.78, 5) is 15.5. The molecule has 0 saturated heterocycles. The molecular weight excluding hydrogens is 248 g/mol. The molecule has 0 fully saturated rings. The van der Waals surface area contributed by atoms with Crippen LogP contribution in [-0.2, 0) is 10.8 Å². The Morgan fingerprint density at radius 2 is 1.59 bits per heavy atom. The van der Waals surface area contributed by atoms with Crippen LogP contribution in [0.15, 0.2) is 15.8 Å². The first-order chi connectivity index (χ1) is 7.57. The fourth-order valence-corrected chi connectivity index (χ4v) is 3.86. The lowest BCUT2D eigenvalue weighted by molar-refractivity contribution is 0.583. The molecule has 1 rings (SSSR count). The monoisotopic (exact) mass is 270 g/mol. The molecule has 3 heteroatoms. The molecule has 17 heavy (non-hydrogen) atoms. The SMILES string of the molecule is CSc1c(C(C)(C)C)sc(C(C)(C)C)cc1=O. The van der Waals surface area contributed by atoms with E-state index in [0.717, 1.165) is 4.90 Å². The normalized spacial score (nSPS) is 12.9. The van der Waals surface area contributed by atoms with E-state index in [2.05, 4.69) is 41.5 Å². The fraction of sp³-hybridized carbons (Fsp3) is 0.643. The summed E-state index contributed by atoms with van der Waals surface area (Å²) >= 11 is 3.35. The van der Waals surface area contributed by atoms with E-state index in [4.69, 9.17) is 0 Å². The second-order valence-corrected chi connectivity index (χ2v) is 8.21. The Balaban J connectivity index is 3.57.